The Morgan fingerprint density at radius 3 is 2.03 bits per heavy atom. The lowest BCUT2D eigenvalue weighted by atomic mass is 10.0. The lowest BCUT2D eigenvalue weighted by Crippen LogP contribution is -2.37. The Morgan fingerprint density at radius 1 is 0.862 bits per heavy atom. The molecule has 0 saturated carbocycles. The summed E-state index contributed by atoms with van der Waals surface area (Å²) in [6.45, 7) is 3.64. The fourth-order valence-electron chi connectivity index (χ4n) is 2.90. The summed E-state index contributed by atoms with van der Waals surface area (Å²) >= 11 is 0. The highest BCUT2D eigenvalue weighted by Crippen LogP contribution is 2.18. The van der Waals surface area contributed by atoms with E-state index in [1.807, 2.05) is 50.2 Å². The predicted octanol–water partition coefficient (Wildman–Crippen LogP) is 3.40. The van der Waals surface area contributed by atoms with Gasteiger partial charge in [0.1, 0.15) is 0 Å². The molecule has 2 N–H and O–H groups in total. The SMILES string of the molecule is CCC(CC)NC(=O)COC(=O)C[C@@H](NC(=O)c1ccccc1)c1ccccc1. The maximum Gasteiger partial charge on any atom is 0.308 e. The Hall–Kier alpha value is -3.15. The Bertz CT molecular complexity index is 789. The molecule has 0 fully saturated rings. The molecule has 0 aliphatic rings. The zero-order valence-corrected chi connectivity index (χ0v) is 16.9. The van der Waals surface area contributed by atoms with Crippen molar-refractivity contribution >= 4 is 17.8 Å². The van der Waals surface area contributed by atoms with Crippen molar-refractivity contribution in [2.45, 2.75) is 45.2 Å². The van der Waals surface area contributed by atoms with Gasteiger partial charge >= 0.3 is 5.97 Å². The normalized spacial score (nSPS) is 11.6. The molecule has 6 nitrogen and oxygen atoms in total. The van der Waals surface area contributed by atoms with Crippen LogP contribution in [0, 0.1) is 0 Å². The molecular weight excluding hydrogens is 368 g/mol. The number of carbonyl (C=O) groups excluding carboxylic acids is 3. The molecule has 0 aliphatic carbocycles. The Balaban J connectivity index is 1.98. The highest BCUT2D eigenvalue weighted by molar-refractivity contribution is 5.94. The monoisotopic (exact) mass is 396 g/mol. The van der Waals surface area contributed by atoms with Crippen LogP contribution in [0.25, 0.3) is 0 Å². The summed E-state index contributed by atoms with van der Waals surface area (Å²) in [5, 5.41) is 5.70. The quantitative estimate of drug-likeness (QED) is 0.603. The molecule has 0 unspecified atom stereocenters. The molecule has 0 aromatic heterocycles. The molecule has 0 spiro atoms. The van der Waals surface area contributed by atoms with Gasteiger partial charge in [0, 0.05) is 11.6 Å². The van der Waals surface area contributed by atoms with Crippen LogP contribution in [0.5, 0.6) is 0 Å². The van der Waals surface area contributed by atoms with E-state index in [9.17, 15) is 14.4 Å². The number of carbonyl (C=O) groups is 3. The molecule has 1 atom stereocenters. The summed E-state index contributed by atoms with van der Waals surface area (Å²) in [5.74, 6) is -1.15. The van der Waals surface area contributed by atoms with Gasteiger partial charge in [-0.2, -0.15) is 0 Å². The van der Waals surface area contributed by atoms with Crippen LogP contribution < -0.4 is 10.6 Å². The van der Waals surface area contributed by atoms with Crippen LogP contribution >= 0.6 is 0 Å². The van der Waals surface area contributed by atoms with E-state index in [0.717, 1.165) is 18.4 Å². The molecule has 0 aliphatic heterocycles. The standard InChI is InChI=1S/C23H28N2O4/c1-3-19(4-2)24-21(26)16-29-22(27)15-20(17-11-7-5-8-12-17)25-23(28)18-13-9-6-10-14-18/h5-14,19-20H,3-4,15-16H2,1-2H3,(H,24,26)(H,25,28)/t20-/m1/s1. The van der Waals surface area contributed by atoms with Gasteiger partial charge in [0.2, 0.25) is 0 Å². The first-order valence-corrected chi connectivity index (χ1v) is 9.89. The van der Waals surface area contributed by atoms with Gasteiger partial charge in [-0.3, -0.25) is 14.4 Å². The Morgan fingerprint density at radius 2 is 1.45 bits per heavy atom. The van der Waals surface area contributed by atoms with Crippen LogP contribution in [-0.2, 0) is 14.3 Å². The summed E-state index contributed by atoms with van der Waals surface area (Å²) < 4.78 is 5.13. The van der Waals surface area contributed by atoms with Gasteiger partial charge in [-0.15, -0.1) is 0 Å². The van der Waals surface area contributed by atoms with E-state index in [-0.39, 0.29) is 30.9 Å². The number of nitrogens with one attached hydrogen (secondary N) is 2. The zero-order chi connectivity index (χ0) is 21.1. The minimum Gasteiger partial charge on any atom is -0.456 e. The minimum atomic E-state index is -0.557. The highest BCUT2D eigenvalue weighted by Gasteiger charge is 2.21. The summed E-state index contributed by atoms with van der Waals surface area (Å²) in [7, 11) is 0. The van der Waals surface area contributed by atoms with Crippen molar-refractivity contribution < 1.29 is 19.1 Å². The van der Waals surface area contributed by atoms with Crippen LogP contribution in [0.3, 0.4) is 0 Å². The van der Waals surface area contributed by atoms with Gasteiger partial charge in [0.25, 0.3) is 11.8 Å². The molecule has 6 heteroatoms. The van der Waals surface area contributed by atoms with Crippen molar-refractivity contribution in [3.8, 4) is 0 Å². The number of amides is 2. The number of hydrogen-bond donors (Lipinski definition) is 2. The number of rotatable bonds is 10. The van der Waals surface area contributed by atoms with E-state index in [4.69, 9.17) is 4.74 Å². The summed E-state index contributed by atoms with van der Waals surface area (Å²) in [5.41, 5.74) is 1.29. The van der Waals surface area contributed by atoms with Crippen LogP contribution in [-0.4, -0.2) is 30.4 Å². The Kier molecular flexibility index (Phi) is 8.89. The molecule has 0 radical (unpaired) electrons. The van der Waals surface area contributed by atoms with Gasteiger partial charge in [0.15, 0.2) is 6.61 Å². The fraction of sp³-hybridized carbons (Fsp3) is 0.348. The molecule has 2 amide bonds. The maximum atomic E-state index is 12.5. The van der Waals surface area contributed by atoms with Crippen LogP contribution in [0.1, 0.15) is 55.1 Å². The van der Waals surface area contributed by atoms with E-state index in [0.29, 0.717) is 5.56 Å². The van der Waals surface area contributed by atoms with Crippen LogP contribution in [0.15, 0.2) is 60.7 Å². The second kappa shape index (κ2) is 11.6. The van der Waals surface area contributed by atoms with Crippen molar-refractivity contribution in [1.82, 2.24) is 10.6 Å². The summed E-state index contributed by atoms with van der Waals surface area (Å²) in [4.78, 5) is 36.8. The smallest absolute Gasteiger partial charge is 0.308 e. The van der Waals surface area contributed by atoms with Crippen LogP contribution in [0.4, 0.5) is 0 Å². The molecule has 2 aromatic carbocycles. The third kappa shape index (κ3) is 7.41. The lowest BCUT2D eigenvalue weighted by molar-refractivity contribution is -0.149. The average Bonchev–Trinajstić information content (AvgIpc) is 2.76. The van der Waals surface area contributed by atoms with E-state index in [2.05, 4.69) is 10.6 Å². The number of hydrogen-bond acceptors (Lipinski definition) is 4. The molecule has 2 rings (SSSR count). The largest absolute Gasteiger partial charge is 0.456 e. The predicted molar refractivity (Wildman–Crippen MR) is 111 cm³/mol. The van der Waals surface area contributed by atoms with Crippen molar-refractivity contribution in [2.75, 3.05) is 6.61 Å². The third-order valence-corrected chi connectivity index (χ3v) is 4.63. The fourth-order valence-corrected chi connectivity index (χ4v) is 2.90. The second-order valence-electron chi connectivity index (χ2n) is 6.75. The van der Waals surface area contributed by atoms with Gasteiger partial charge < -0.3 is 15.4 Å². The van der Waals surface area contributed by atoms with E-state index >= 15 is 0 Å². The zero-order valence-electron chi connectivity index (χ0n) is 16.9. The first-order valence-electron chi connectivity index (χ1n) is 9.89. The van der Waals surface area contributed by atoms with Crippen molar-refractivity contribution in [2.24, 2.45) is 0 Å². The van der Waals surface area contributed by atoms with Gasteiger partial charge in [0.05, 0.1) is 12.5 Å². The molecular formula is C23H28N2O4. The first-order chi connectivity index (χ1) is 14.0. The average molecular weight is 396 g/mol. The topological polar surface area (TPSA) is 84.5 Å². The molecule has 29 heavy (non-hydrogen) atoms. The second-order valence-corrected chi connectivity index (χ2v) is 6.75. The summed E-state index contributed by atoms with van der Waals surface area (Å²) in [6.07, 6.45) is 1.57. The van der Waals surface area contributed by atoms with E-state index in [1.165, 1.54) is 0 Å². The van der Waals surface area contributed by atoms with Gasteiger partial charge in [-0.05, 0) is 30.5 Å². The molecule has 154 valence electrons. The van der Waals surface area contributed by atoms with E-state index < -0.39 is 12.0 Å². The first kappa shape index (κ1) is 22.1. The molecule has 0 heterocycles. The molecule has 2 aromatic rings. The third-order valence-electron chi connectivity index (χ3n) is 4.63. The number of benzene rings is 2. The number of esters is 1. The minimum absolute atomic E-state index is 0.0686. The van der Waals surface area contributed by atoms with Crippen molar-refractivity contribution in [1.29, 1.82) is 0 Å². The van der Waals surface area contributed by atoms with Crippen LogP contribution in [0.2, 0.25) is 0 Å². The highest BCUT2D eigenvalue weighted by atomic mass is 16.5. The molecule has 0 bridgehead atoms. The summed E-state index contributed by atoms with van der Waals surface area (Å²) in [6, 6.07) is 17.5. The van der Waals surface area contributed by atoms with E-state index in [1.54, 1.807) is 24.3 Å². The lowest BCUT2D eigenvalue weighted by Gasteiger charge is -2.19. The maximum absolute atomic E-state index is 12.5. The van der Waals surface area contributed by atoms with Gasteiger partial charge in [-0.1, -0.05) is 62.4 Å². The van der Waals surface area contributed by atoms with Crippen molar-refractivity contribution in [3.63, 3.8) is 0 Å². The Labute approximate surface area is 171 Å². The molecule has 0 saturated heterocycles. The number of ether oxygens (including phenoxy) is 1. The van der Waals surface area contributed by atoms with Gasteiger partial charge in [-0.25, -0.2) is 0 Å². The van der Waals surface area contributed by atoms with Crippen molar-refractivity contribution in [3.05, 3.63) is 71.8 Å².